The fourth-order valence-corrected chi connectivity index (χ4v) is 3.81. The molecule has 0 saturated carbocycles. The summed E-state index contributed by atoms with van der Waals surface area (Å²) in [7, 11) is 0. The van der Waals surface area contributed by atoms with E-state index in [1.807, 2.05) is 54.6 Å². The molecule has 158 valence electrons. The van der Waals surface area contributed by atoms with Crippen LogP contribution in [0.2, 0.25) is 0 Å². The standard InChI is InChI=1S/C25H18N2O5/c28-20(15-31-22(29)14-27-19-12-6-7-13-21(19)32-25(27)30)23-17-10-4-5-11-18(17)26-24(23)16-8-2-1-3-9-16/h1-13,26H,14-15H2. The van der Waals surface area contributed by atoms with Gasteiger partial charge in [0.05, 0.1) is 16.8 Å². The van der Waals surface area contributed by atoms with Gasteiger partial charge in [-0.3, -0.25) is 14.2 Å². The maximum absolute atomic E-state index is 13.1. The lowest BCUT2D eigenvalue weighted by Crippen LogP contribution is -2.23. The molecule has 0 unspecified atom stereocenters. The van der Waals surface area contributed by atoms with E-state index in [1.54, 1.807) is 24.3 Å². The van der Waals surface area contributed by atoms with Gasteiger partial charge < -0.3 is 14.1 Å². The summed E-state index contributed by atoms with van der Waals surface area (Å²) in [5.74, 6) is -1.69. The van der Waals surface area contributed by atoms with Gasteiger partial charge in [0.1, 0.15) is 6.54 Å². The van der Waals surface area contributed by atoms with Crippen LogP contribution in [-0.4, -0.2) is 27.9 Å². The number of ether oxygens (including phenoxy) is 1. The highest BCUT2D eigenvalue weighted by Crippen LogP contribution is 2.30. The van der Waals surface area contributed by atoms with Gasteiger partial charge >= 0.3 is 11.7 Å². The Labute approximate surface area is 181 Å². The van der Waals surface area contributed by atoms with Crippen molar-refractivity contribution in [3.05, 3.63) is 95.0 Å². The van der Waals surface area contributed by atoms with Crippen LogP contribution >= 0.6 is 0 Å². The summed E-state index contributed by atoms with van der Waals surface area (Å²) >= 11 is 0. The van der Waals surface area contributed by atoms with Gasteiger partial charge in [-0.05, 0) is 23.8 Å². The van der Waals surface area contributed by atoms with E-state index in [9.17, 15) is 14.4 Å². The molecule has 5 aromatic rings. The summed E-state index contributed by atoms with van der Waals surface area (Å²) in [6.07, 6.45) is 0. The number of ketones is 1. The molecule has 2 heterocycles. The molecule has 0 aliphatic carbocycles. The summed E-state index contributed by atoms with van der Waals surface area (Å²) in [6.45, 7) is -0.784. The third kappa shape index (κ3) is 3.50. The summed E-state index contributed by atoms with van der Waals surface area (Å²) in [6, 6.07) is 23.8. The zero-order valence-corrected chi connectivity index (χ0v) is 16.9. The van der Waals surface area contributed by atoms with Crippen molar-refractivity contribution >= 4 is 33.8 Å². The Bertz CT molecular complexity index is 1510. The maximum atomic E-state index is 13.1. The molecule has 0 fully saturated rings. The van der Waals surface area contributed by atoms with Crippen molar-refractivity contribution in [2.75, 3.05) is 6.61 Å². The van der Waals surface area contributed by atoms with E-state index in [-0.39, 0.29) is 12.3 Å². The van der Waals surface area contributed by atoms with Gasteiger partial charge in [-0.15, -0.1) is 0 Å². The van der Waals surface area contributed by atoms with Gasteiger partial charge in [-0.2, -0.15) is 0 Å². The molecular weight excluding hydrogens is 408 g/mol. The smallest absolute Gasteiger partial charge is 0.420 e. The number of carbonyl (C=O) groups is 2. The number of esters is 1. The molecular formula is C25H18N2O5. The number of H-pyrrole nitrogens is 1. The number of benzene rings is 3. The quantitative estimate of drug-likeness (QED) is 0.325. The molecule has 0 atom stereocenters. The van der Waals surface area contributed by atoms with Gasteiger partial charge in [0, 0.05) is 10.9 Å². The molecule has 32 heavy (non-hydrogen) atoms. The molecule has 0 amide bonds. The van der Waals surface area contributed by atoms with Crippen molar-refractivity contribution in [2.24, 2.45) is 0 Å². The first-order valence-corrected chi connectivity index (χ1v) is 10.0. The largest absolute Gasteiger partial charge is 0.456 e. The van der Waals surface area contributed by atoms with Crippen molar-refractivity contribution in [3.8, 4) is 11.3 Å². The molecule has 0 aliphatic heterocycles. The summed E-state index contributed by atoms with van der Waals surface area (Å²) in [4.78, 5) is 40.9. The van der Waals surface area contributed by atoms with E-state index in [1.165, 1.54) is 4.57 Å². The minimum absolute atomic E-state index is 0.334. The second kappa shape index (κ2) is 8.03. The number of para-hydroxylation sites is 3. The normalized spacial score (nSPS) is 11.1. The lowest BCUT2D eigenvalue weighted by Gasteiger charge is -2.07. The molecule has 7 nitrogen and oxygen atoms in total. The number of nitrogens with zero attached hydrogens (tertiary/aromatic N) is 1. The van der Waals surface area contributed by atoms with E-state index in [2.05, 4.69) is 4.98 Å². The number of Topliss-reactive ketones (excluding diaryl/α,β-unsaturated/α-hetero) is 1. The number of fused-ring (bicyclic) bond motifs is 2. The Morgan fingerprint density at radius 1 is 0.906 bits per heavy atom. The summed E-state index contributed by atoms with van der Waals surface area (Å²) < 4.78 is 11.6. The topological polar surface area (TPSA) is 94.3 Å². The monoisotopic (exact) mass is 426 g/mol. The Kier molecular flexibility index (Phi) is 4.91. The molecule has 0 saturated heterocycles. The van der Waals surface area contributed by atoms with Crippen molar-refractivity contribution in [2.45, 2.75) is 6.54 Å². The summed E-state index contributed by atoms with van der Waals surface area (Å²) in [5, 5.41) is 0.754. The Hall–Kier alpha value is -4.39. The minimum atomic E-state index is -0.701. The average molecular weight is 426 g/mol. The predicted molar refractivity (Wildman–Crippen MR) is 119 cm³/mol. The van der Waals surface area contributed by atoms with Crippen LogP contribution in [-0.2, 0) is 16.1 Å². The fraction of sp³-hybridized carbons (Fsp3) is 0.0800. The first-order valence-electron chi connectivity index (χ1n) is 10.0. The third-order valence-corrected chi connectivity index (χ3v) is 5.27. The van der Waals surface area contributed by atoms with E-state index >= 15 is 0 Å². The second-order valence-electron chi connectivity index (χ2n) is 7.29. The van der Waals surface area contributed by atoms with Gasteiger partial charge in [0.2, 0.25) is 5.78 Å². The van der Waals surface area contributed by atoms with E-state index in [4.69, 9.17) is 9.15 Å². The zero-order chi connectivity index (χ0) is 22.1. The lowest BCUT2D eigenvalue weighted by atomic mass is 10.0. The number of hydrogen-bond acceptors (Lipinski definition) is 5. The van der Waals surface area contributed by atoms with Gasteiger partial charge in [0.25, 0.3) is 0 Å². The van der Waals surface area contributed by atoms with Crippen LogP contribution in [0.5, 0.6) is 0 Å². The SMILES string of the molecule is O=C(Cn1c(=O)oc2ccccc21)OCC(=O)c1c(-c2ccccc2)[nH]c2ccccc12. The van der Waals surface area contributed by atoms with Gasteiger partial charge in [-0.1, -0.05) is 60.7 Å². The Morgan fingerprint density at radius 3 is 2.47 bits per heavy atom. The first-order chi connectivity index (χ1) is 15.6. The fourth-order valence-electron chi connectivity index (χ4n) is 3.81. The molecule has 3 aromatic carbocycles. The van der Waals surface area contributed by atoms with Crippen LogP contribution in [0.1, 0.15) is 10.4 Å². The number of nitrogens with one attached hydrogen (secondary N) is 1. The first kappa shape index (κ1) is 19.6. The molecule has 5 rings (SSSR count). The van der Waals surface area contributed by atoms with Crippen molar-refractivity contribution < 1.29 is 18.7 Å². The van der Waals surface area contributed by atoms with E-state index in [0.717, 1.165) is 16.5 Å². The Morgan fingerprint density at radius 2 is 1.62 bits per heavy atom. The third-order valence-electron chi connectivity index (χ3n) is 5.27. The Balaban J connectivity index is 1.39. The highest BCUT2D eigenvalue weighted by Gasteiger charge is 2.21. The van der Waals surface area contributed by atoms with Gasteiger partial charge in [-0.25, -0.2) is 4.79 Å². The van der Waals surface area contributed by atoms with Crippen LogP contribution < -0.4 is 5.76 Å². The van der Waals surface area contributed by atoms with Crippen molar-refractivity contribution in [3.63, 3.8) is 0 Å². The van der Waals surface area contributed by atoms with Crippen LogP contribution in [0.15, 0.2) is 88.1 Å². The molecule has 0 bridgehead atoms. The molecule has 1 N–H and O–H groups in total. The highest BCUT2D eigenvalue weighted by molar-refractivity contribution is 6.14. The van der Waals surface area contributed by atoms with Gasteiger partial charge in [0.15, 0.2) is 12.2 Å². The number of hydrogen-bond donors (Lipinski definition) is 1. The van der Waals surface area contributed by atoms with E-state index < -0.39 is 18.3 Å². The summed E-state index contributed by atoms with van der Waals surface area (Å²) in [5.41, 5.74) is 3.68. The highest BCUT2D eigenvalue weighted by atomic mass is 16.5. The molecule has 7 heteroatoms. The number of rotatable bonds is 6. The number of carbonyl (C=O) groups excluding carboxylic acids is 2. The molecule has 0 spiro atoms. The maximum Gasteiger partial charge on any atom is 0.420 e. The average Bonchev–Trinajstić information content (AvgIpc) is 3.36. The molecule has 0 aliphatic rings. The second-order valence-corrected chi connectivity index (χ2v) is 7.29. The molecule has 0 radical (unpaired) electrons. The minimum Gasteiger partial charge on any atom is -0.456 e. The van der Waals surface area contributed by atoms with Crippen molar-refractivity contribution in [1.82, 2.24) is 9.55 Å². The van der Waals surface area contributed by atoms with E-state index in [0.29, 0.717) is 22.4 Å². The zero-order valence-electron chi connectivity index (χ0n) is 16.9. The van der Waals surface area contributed by atoms with Crippen LogP contribution in [0.25, 0.3) is 33.3 Å². The molecule has 2 aromatic heterocycles. The number of oxazole rings is 1. The van der Waals surface area contributed by atoms with Crippen LogP contribution in [0.3, 0.4) is 0 Å². The van der Waals surface area contributed by atoms with Crippen LogP contribution in [0, 0.1) is 0 Å². The van der Waals surface area contributed by atoms with Crippen molar-refractivity contribution in [1.29, 1.82) is 0 Å². The lowest BCUT2D eigenvalue weighted by molar-refractivity contribution is -0.143. The number of aromatic amines is 1. The van der Waals surface area contributed by atoms with Crippen LogP contribution in [0.4, 0.5) is 0 Å². The number of aromatic nitrogens is 2. The predicted octanol–water partition coefficient (Wildman–Crippen LogP) is 4.17.